The Morgan fingerprint density at radius 1 is 0.884 bits per heavy atom. The molecule has 0 aromatic heterocycles. The van der Waals surface area contributed by atoms with Crippen molar-refractivity contribution in [2.45, 2.75) is 104 Å². The molecule has 2 aromatic rings. The fraction of sp³-hybridized carbons (Fsp3) is 0.611. The van der Waals surface area contributed by atoms with Gasteiger partial charge in [0.2, 0.25) is 5.91 Å². The van der Waals surface area contributed by atoms with Gasteiger partial charge in [0.1, 0.15) is 18.4 Å². The molecule has 0 bridgehead atoms. The smallest absolute Gasteiger partial charge is 0.318 e. The summed E-state index contributed by atoms with van der Waals surface area (Å²) < 4.78 is 6.04. The summed E-state index contributed by atoms with van der Waals surface area (Å²) in [6, 6.07) is 17.9. The van der Waals surface area contributed by atoms with Crippen LogP contribution >= 0.6 is 0 Å². The molecule has 1 heterocycles. The van der Waals surface area contributed by atoms with Crippen LogP contribution < -0.4 is 20.3 Å². The fourth-order valence-electron chi connectivity index (χ4n) is 6.06. The highest BCUT2D eigenvalue weighted by Gasteiger charge is 2.41. The van der Waals surface area contributed by atoms with Crippen molar-refractivity contribution in [1.29, 1.82) is 0 Å². The molecule has 1 aliphatic carbocycles. The summed E-state index contributed by atoms with van der Waals surface area (Å²) in [7, 11) is 0. The van der Waals surface area contributed by atoms with Crippen LogP contribution in [0.1, 0.15) is 91.0 Å². The molecule has 0 radical (unpaired) electrons. The van der Waals surface area contributed by atoms with E-state index in [1.807, 2.05) is 35.2 Å². The second-order valence-corrected chi connectivity index (χ2v) is 13.5. The number of ether oxygens (including phenoxy) is 1. The number of carbonyl (C=O) groups is 2. The van der Waals surface area contributed by atoms with Crippen molar-refractivity contribution in [1.82, 2.24) is 15.5 Å². The normalized spacial score (nSPS) is 17.1. The highest BCUT2D eigenvalue weighted by atomic mass is 16.5. The van der Waals surface area contributed by atoms with E-state index in [0.717, 1.165) is 81.7 Å². The summed E-state index contributed by atoms with van der Waals surface area (Å²) in [5.41, 5.74) is 1.99. The standard InChI is InChI=1S/C36H54N4O3/c1-28(2)19-24-40(31-15-17-32(18-16-31)43-26-30-13-8-7-9-14-30)27-36(20-12-21-36)38-34(41)33(25-29(3)4)37-35(42)39-22-10-5-6-11-23-39/h7-9,13-18,28-29,33H,5-6,10-12,19-27H2,1-4H3,(H,37,42)(H,38,41). The van der Waals surface area contributed by atoms with E-state index in [0.29, 0.717) is 24.9 Å². The van der Waals surface area contributed by atoms with E-state index in [1.54, 1.807) is 0 Å². The van der Waals surface area contributed by atoms with E-state index in [4.69, 9.17) is 4.74 Å². The molecule has 7 heteroatoms. The molecular formula is C36H54N4O3. The van der Waals surface area contributed by atoms with E-state index < -0.39 is 6.04 Å². The van der Waals surface area contributed by atoms with Crippen LogP contribution in [0.4, 0.5) is 10.5 Å². The second-order valence-electron chi connectivity index (χ2n) is 13.5. The van der Waals surface area contributed by atoms with Gasteiger partial charge in [0, 0.05) is 31.9 Å². The van der Waals surface area contributed by atoms with E-state index >= 15 is 0 Å². The minimum absolute atomic E-state index is 0.0509. The first-order valence-electron chi connectivity index (χ1n) is 16.6. The Morgan fingerprint density at radius 3 is 2.14 bits per heavy atom. The Balaban J connectivity index is 1.43. The Bertz CT molecular complexity index is 1120. The third-order valence-electron chi connectivity index (χ3n) is 8.83. The second kappa shape index (κ2) is 16.0. The number of nitrogens with one attached hydrogen (secondary N) is 2. The van der Waals surface area contributed by atoms with Crippen molar-refractivity contribution in [2.24, 2.45) is 11.8 Å². The molecule has 3 amide bonds. The number of carbonyl (C=O) groups excluding carboxylic acids is 2. The van der Waals surface area contributed by atoms with Crippen LogP contribution in [-0.2, 0) is 11.4 Å². The number of likely N-dealkylation sites (tertiary alicyclic amines) is 1. The average Bonchev–Trinajstić information content (AvgIpc) is 3.27. The molecule has 2 aromatic carbocycles. The third-order valence-corrected chi connectivity index (χ3v) is 8.83. The van der Waals surface area contributed by atoms with Crippen molar-refractivity contribution in [3.05, 3.63) is 60.2 Å². The van der Waals surface area contributed by atoms with Gasteiger partial charge in [0.15, 0.2) is 0 Å². The zero-order valence-electron chi connectivity index (χ0n) is 26.9. The number of hydrogen-bond acceptors (Lipinski definition) is 4. The first kappa shape index (κ1) is 32.7. The molecule has 1 saturated carbocycles. The molecule has 7 nitrogen and oxygen atoms in total. The van der Waals surface area contributed by atoms with Crippen molar-refractivity contribution in [2.75, 3.05) is 31.1 Å². The van der Waals surface area contributed by atoms with Crippen molar-refractivity contribution in [3.63, 3.8) is 0 Å². The Kier molecular flexibility index (Phi) is 12.2. The number of anilines is 1. The molecule has 1 aliphatic heterocycles. The predicted octanol–water partition coefficient (Wildman–Crippen LogP) is 7.16. The minimum Gasteiger partial charge on any atom is -0.489 e. The zero-order valence-corrected chi connectivity index (χ0v) is 26.9. The number of hydrogen-bond donors (Lipinski definition) is 2. The van der Waals surface area contributed by atoms with Gasteiger partial charge in [-0.05, 0) is 86.6 Å². The molecule has 236 valence electrons. The first-order chi connectivity index (χ1) is 20.7. The van der Waals surface area contributed by atoms with Crippen molar-refractivity contribution < 1.29 is 14.3 Å². The Labute approximate surface area is 259 Å². The lowest BCUT2D eigenvalue weighted by molar-refractivity contribution is -0.126. The van der Waals surface area contributed by atoms with Crippen molar-refractivity contribution in [3.8, 4) is 5.75 Å². The number of benzene rings is 2. The van der Waals surface area contributed by atoms with Gasteiger partial charge in [-0.25, -0.2) is 4.79 Å². The SMILES string of the molecule is CC(C)CCN(CC1(NC(=O)C(CC(C)C)NC(=O)N2CCCCCC2)CCC1)c1ccc(OCc2ccccc2)cc1. The molecule has 4 rings (SSSR count). The monoisotopic (exact) mass is 590 g/mol. The number of amides is 3. The van der Waals surface area contributed by atoms with Crippen LogP contribution in [0.15, 0.2) is 54.6 Å². The van der Waals surface area contributed by atoms with Crippen LogP contribution in [0, 0.1) is 11.8 Å². The van der Waals surface area contributed by atoms with Gasteiger partial charge < -0.3 is 25.2 Å². The van der Waals surface area contributed by atoms with Gasteiger partial charge in [-0.1, -0.05) is 70.9 Å². The molecule has 43 heavy (non-hydrogen) atoms. The predicted molar refractivity (Wildman–Crippen MR) is 175 cm³/mol. The Hall–Kier alpha value is -3.22. The molecular weight excluding hydrogens is 536 g/mol. The highest BCUT2D eigenvalue weighted by molar-refractivity contribution is 5.87. The van der Waals surface area contributed by atoms with E-state index in [-0.39, 0.29) is 17.5 Å². The maximum Gasteiger partial charge on any atom is 0.318 e. The lowest BCUT2D eigenvalue weighted by atomic mass is 9.75. The summed E-state index contributed by atoms with van der Waals surface area (Å²) in [4.78, 5) is 31.3. The molecule has 1 unspecified atom stereocenters. The molecule has 1 atom stereocenters. The van der Waals surface area contributed by atoms with Gasteiger partial charge in [0.05, 0.1) is 5.54 Å². The number of urea groups is 1. The van der Waals surface area contributed by atoms with Gasteiger partial charge in [-0.2, -0.15) is 0 Å². The molecule has 2 N–H and O–H groups in total. The van der Waals surface area contributed by atoms with Crippen LogP contribution in [0.3, 0.4) is 0 Å². The van der Waals surface area contributed by atoms with Crippen LogP contribution in [-0.4, -0.2) is 54.6 Å². The largest absolute Gasteiger partial charge is 0.489 e. The van der Waals surface area contributed by atoms with Crippen LogP contribution in [0.5, 0.6) is 5.75 Å². The molecule has 0 spiro atoms. The third kappa shape index (κ3) is 10.2. The van der Waals surface area contributed by atoms with Gasteiger partial charge >= 0.3 is 6.03 Å². The van der Waals surface area contributed by atoms with E-state index in [2.05, 4.69) is 67.5 Å². The summed E-state index contributed by atoms with van der Waals surface area (Å²) in [6.07, 6.45) is 9.08. The average molecular weight is 591 g/mol. The molecule has 2 aliphatic rings. The van der Waals surface area contributed by atoms with Crippen LogP contribution in [0.25, 0.3) is 0 Å². The lowest BCUT2D eigenvalue weighted by Gasteiger charge is -2.47. The highest BCUT2D eigenvalue weighted by Crippen LogP contribution is 2.35. The maximum atomic E-state index is 13.8. The summed E-state index contributed by atoms with van der Waals surface area (Å²) in [5.74, 6) is 1.67. The minimum atomic E-state index is -0.529. The zero-order chi connectivity index (χ0) is 30.7. The Morgan fingerprint density at radius 2 is 1.56 bits per heavy atom. The summed E-state index contributed by atoms with van der Waals surface area (Å²) in [6.45, 7) is 12.5. The van der Waals surface area contributed by atoms with E-state index in [1.165, 1.54) is 12.8 Å². The summed E-state index contributed by atoms with van der Waals surface area (Å²) >= 11 is 0. The fourth-order valence-corrected chi connectivity index (χ4v) is 6.06. The van der Waals surface area contributed by atoms with E-state index in [9.17, 15) is 9.59 Å². The first-order valence-corrected chi connectivity index (χ1v) is 16.6. The topological polar surface area (TPSA) is 73.9 Å². The van der Waals surface area contributed by atoms with Gasteiger partial charge in [-0.3, -0.25) is 4.79 Å². The number of rotatable bonds is 14. The summed E-state index contributed by atoms with van der Waals surface area (Å²) in [5, 5.41) is 6.57. The van der Waals surface area contributed by atoms with Gasteiger partial charge in [0.25, 0.3) is 0 Å². The van der Waals surface area contributed by atoms with Crippen molar-refractivity contribution >= 4 is 17.6 Å². The van der Waals surface area contributed by atoms with Crippen LogP contribution in [0.2, 0.25) is 0 Å². The molecule has 1 saturated heterocycles. The molecule has 2 fully saturated rings. The number of nitrogens with zero attached hydrogens (tertiary/aromatic N) is 2. The maximum absolute atomic E-state index is 13.8. The lowest BCUT2D eigenvalue weighted by Crippen LogP contribution is -2.64. The van der Waals surface area contributed by atoms with Gasteiger partial charge in [-0.15, -0.1) is 0 Å². The quantitative estimate of drug-likeness (QED) is 0.245.